The van der Waals surface area contributed by atoms with E-state index in [9.17, 15) is 10.1 Å². The molecule has 31 heavy (non-hydrogen) atoms. The molecule has 3 N–H and O–H groups in total. The molecule has 158 valence electrons. The van der Waals surface area contributed by atoms with Crippen LogP contribution in [-0.2, 0) is 0 Å². The van der Waals surface area contributed by atoms with E-state index in [2.05, 4.69) is 10.3 Å². The second-order valence-electron chi connectivity index (χ2n) is 8.31. The second-order valence-corrected chi connectivity index (χ2v) is 8.31. The van der Waals surface area contributed by atoms with Gasteiger partial charge in [-0.2, -0.15) is 5.26 Å². The Bertz CT molecular complexity index is 1280. The molecule has 3 atom stereocenters. The van der Waals surface area contributed by atoms with Gasteiger partial charge >= 0.3 is 0 Å². The summed E-state index contributed by atoms with van der Waals surface area (Å²) in [4.78, 5) is 17.2. The van der Waals surface area contributed by atoms with Gasteiger partial charge in [-0.25, -0.2) is 4.39 Å². The number of hydrogen-bond acceptors (Lipinski definition) is 6. The van der Waals surface area contributed by atoms with Crippen LogP contribution in [0.3, 0.4) is 0 Å². The van der Waals surface area contributed by atoms with Crippen LogP contribution >= 0.6 is 0 Å². The standard InChI is InChI=1S/C23H22FN5O2/c1-12-11-31-23-20(28-15-6-5-13(8-15)16-4-2-3-7-27-16)18(24)19(26)17-21(23)29(12)10-14(9-25)22(17)30/h2-4,7,10,12-13,15,28H,5-6,8,11,26H2,1H3/t12-,13+,15-/m0/s1. The van der Waals surface area contributed by atoms with E-state index in [-0.39, 0.29) is 40.2 Å². The zero-order chi connectivity index (χ0) is 21.7. The molecule has 1 aliphatic carbocycles. The zero-order valence-electron chi connectivity index (χ0n) is 17.1. The Balaban J connectivity index is 1.59. The molecule has 2 aliphatic rings. The van der Waals surface area contributed by atoms with Crippen LogP contribution in [0.4, 0.5) is 15.8 Å². The Morgan fingerprint density at radius 1 is 1.39 bits per heavy atom. The Morgan fingerprint density at radius 2 is 2.23 bits per heavy atom. The van der Waals surface area contributed by atoms with E-state index in [0.29, 0.717) is 18.0 Å². The van der Waals surface area contributed by atoms with Crippen LogP contribution in [0.15, 0.2) is 35.4 Å². The van der Waals surface area contributed by atoms with E-state index in [1.54, 1.807) is 10.8 Å². The fourth-order valence-electron chi connectivity index (χ4n) is 4.76. The van der Waals surface area contributed by atoms with Crippen LogP contribution in [0.1, 0.15) is 49.4 Å². The number of nitrogen functional groups attached to an aromatic ring is 1. The third-order valence-electron chi connectivity index (χ3n) is 6.35. The summed E-state index contributed by atoms with van der Waals surface area (Å²) in [5.74, 6) is -0.131. The molecular weight excluding hydrogens is 397 g/mol. The highest BCUT2D eigenvalue weighted by Crippen LogP contribution is 2.45. The van der Waals surface area contributed by atoms with Gasteiger partial charge in [-0.15, -0.1) is 0 Å². The monoisotopic (exact) mass is 419 g/mol. The van der Waals surface area contributed by atoms with E-state index in [4.69, 9.17) is 10.5 Å². The summed E-state index contributed by atoms with van der Waals surface area (Å²) >= 11 is 0. The largest absolute Gasteiger partial charge is 0.487 e. The molecule has 0 bridgehead atoms. The Kier molecular flexibility index (Phi) is 4.54. The van der Waals surface area contributed by atoms with Gasteiger partial charge in [-0.05, 0) is 38.3 Å². The molecule has 1 aliphatic heterocycles. The summed E-state index contributed by atoms with van der Waals surface area (Å²) in [6.45, 7) is 2.21. The predicted octanol–water partition coefficient (Wildman–Crippen LogP) is 3.69. The summed E-state index contributed by atoms with van der Waals surface area (Å²) in [5, 5.41) is 12.6. The first-order valence-electron chi connectivity index (χ1n) is 10.4. The molecule has 3 heterocycles. The fourth-order valence-corrected chi connectivity index (χ4v) is 4.76. The van der Waals surface area contributed by atoms with Crippen LogP contribution in [0, 0.1) is 17.1 Å². The molecule has 7 nitrogen and oxygen atoms in total. The van der Waals surface area contributed by atoms with Crippen LogP contribution in [0.25, 0.3) is 10.9 Å². The first-order chi connectivity index (χ1) is 15.0. The lowest BCUT2D eigenvalue weighted by Gasteiger charge is -2.30. The summed E-state index contributed by atoms with van der Waals surface area (Å²) in [7, 11) is 0. The minimum atomic E-state index is -0.711. The van der Waals surface area contributed by atoms with Crippen LogP contribution in [0.5, 0.6) is 5.75 Å². The van der Waals surface area contributed by atoms with E-state index in [1.807, 2.05) is 31.2 Å². The number of nitrogens with zero attached hydrogens (tertiary/aromatic N) is 3. The Hall–Kier alpha value is -3.60. The molecule has 0 unspecified atom stereocenters. The molecule has 0 amide bonds. The highest BCUT2D eigenvalue weighted by Gasteiger charge is 2.32. The van der Waals surface area contributed by atoms with Crippen molar-refractivity contribution in [3.63, 3.8) is 0 Å². The number of aromatic nitrogens is 2. The molecule has 0 radical (unpaired) electrons. The van der Waals surface area contributed by atoms with Crippen molar-refractivity contribution >= 4 is 22.3 Å². The molecule has 3 aromatic rings. The molecule has 2 aromatic heterocycles. The zero-order valence-corrected chi connectivity index (χ0v) is 17.1. The second kappa shape index (κ2) is 7.27. The number of rotatable bonds is 3. The topological polar surface area (TPSA) is 106 Å². The van der Waals surface area contributed by atoms with Crippen molar-refractivity contribution in [1.29, 1.82) is 5.26 Å². The number of pyridine rings is 2. The summed E-state index contributed by atoms with van der Waals surface area (Å²) in [6, 6.07) is 7.67. The van der Waals surface area contributed by atoms with E-state index < -0.39 is 11.2 Å². The van der Waals surface area contributed by atoms with E-state index >= 15 is 4.39 Å². The lowest BCUT2D eigenvalue weighted by molar-refractivity contribution is 0.247. The van der Waals surface area contributed by atoms with Crippen molar-refractivity contribution in [3.05, 3.63) is 57.9 Å². The van der Waals surface area contributed by atoms with Gasteiger partial charge in [-0.3, -0.25) is 9.78 Å². The van der Waals surface area contributed by atoms with Gasteiger partial charge in [0.15, 0.2) is 11.6 Å². The Labute approximate surface area is 178 Å². The van der Waals surface area contributed by atoms with Gasteiger partial charge in [-0.1, -0.05) is 6.07 Å². The lowest BCUT2D eigenvalue weighted by Crippen LogP contribution is -2.27. The first-order valence-corrected chi connectivity index (χ1v) is 10.4. The van der Waals surface area contributed by atoms with Gasteiger partial charge in [0.25, 0.3) is 0 Å². The maximum Gasteiger partial charge on any atom is 0.209 e. The van der Waals surface area contributed by atoms with Gasteiger partial charge in [0, 0.05) is 30.0 Å². The van der Waals surface area contributed by atoms with Gasteiger partial charge in [0.2, 0.25) is 5.43 Å². The molecule has 0 spiro atoms. The van der Waals surface area contributed by atoms with Crippen molar-refractivity contribution in [3.8, 4) is 11.8 Å². The third kappa shape index (κ3) is 3.00. The normalized spacial score (nSPS) is 22.2. The van der Waals surface area contributed by atoms with Gasteiger partial charge in [0.05, 0.1) is 22.6 Å². The third-order valence-corrected chi connectivity index (χ3v) is 6.35. The van der Waals surface area contributed by atoms with Crippen molar-refractivity contribution < 1.29 is 9.13 Å². The number of benzene rings is 1. The highest BCUT2D eigenvalue weighted by molar-refractivity contribution is 6.00. The molecule has 0 saturated heterocycles. The van der Waals surface area contributed by atoms with Crippen molar-refractivity contribution in [2.75, 3.05) is 17.7 Å². The van der Waals surface area contributed by atoms with Crippen molar-refractivity contribution in [2.45, 2.75) is 44.2 Å². The number of hydrogen-bond donors (Lipinski definition) is 2. The number of nitrogens with two attached hydrogens (primary N) is 1. The number of nitriles is 1. The average Bonchev–Trinajstić information content (AvgIpc) is 3.25. The molecule has 1 aromatic carbocycles. The van der Waals surface area contributed by atoms with Crippen molar-refractivity contribution in [1.82, 2.24) is 9.55 Å². The molecular formula is C23H22FN5O2. The SMILES string of the molecule is C[C@H]1COc2c(N[C@H]3CC[C@@H](c4ccccn4)C3)c(F)c(N)c3c(=O)c(C#N)cn1c23. The summed E-state index contributed by atoms with van der Waals surface area (Å²) in [6.07, 6.45) is 5.91. The highest BCUT2D eigenvalue weighted by atomic mass is 19.1. The van der Waals surface area contributed by atoms with Crippen LogP contribution in [-0.4, -0.2) is 22.2 Å². The van der Waals surface area contributed by atoms with E-state index in [0.717, 1.165) is 25.0 Å². The summed E-state index contributed by atoms with van der Waals surface area (Å²) < 4.78 is 23.1. The quantitative estimate of drug-likeness (QED) is 0.627. The maximum absolute atomic E-state index is 15.4. The molecule has 5 rings (SSSR count). The van der Waals surface area contributed by atoms with Crippen molar-refractivity contribution in [2.24, 2.45) is 0 Å². The predicted molar refractivity (Wildman–Crippen MR) is 116 cm³/mol. The molecule has 1 saturated carbocycles. The lowest BCUT2D eigenvalue weighted by atomic mass is 10.0. The minimum absolute atomic E-state index is 0.00133. The summed E-state index contributed by atoms with van der Waals surface area (Å²) in [5.41, 5.74) is 6.85. The van der Waals surface area contributed by atoms with E-state index in [1.165, 1.54) is 6.20 Å². The molecule has 1 fully saturated rings. The van der Waals surface area contributed by atoms with Gasteiger partial charge < -0.3 is 20.4 Å². The number of ether oxygens (including phenoxy) is 1. The maximum atomic E-state index is 15.4. The van der Waals surface area contributed by atoms with Crippen LogP contribution in [0.2, 0.25) is 0 Å². The Morgan fingerprint density at radius 3 is 2.97 bits per heavy atom. The van der Waals surface area contributed by atoms with Gasteiger partial charge in [0.1, 0.15) is 23.9 Å². The molecule has 8 heteroatoms. The van der Waals surface area contributed by atoms with Crippen LogP contribution < -0.4 is 21.2 Å². The fraction of sp³-hybridized carbons (Fsp3) is 0.348. The first kappa shape index (κ1) is 19.4. The smallest absolute Gasteiger partial charge is 0.209 e. The number of halogens is 1. The minimum Gasteiger partial charge on any atom is -0.487 e. The average molecular weight is 419 g/mol. The number of nitrogens with one attached hydrogen (secondary N) is 1. The number of anilines is 2.